The van der Waals surface area contributed by atoms with E-state index < -0.39 is 5.60 Å². The van der Waals surface area contributed by atoms with Crippen molar-refractivity contribution in [1.29, 1.82) is 0 Å². The van der Waals surface area contributed by atoms with Gasteiger partial charge in [-0.2, -0.15) is 0 Å². The zero-order valence-corrected chi connectivity index (χ0v) is 12.9. The lowest BCUT2D eigenvalue weighted by Crippen LogP contribution is -2.26. The van der Waals surface area contributed by atoms with E-state index in [2.05, 4.69) is 0 Å². The topological polar surface area (TPSA) is 61.5 Å². The molecule has 0 aromatic rings. The van der Waals surface area contributed by atoms with Gasteiger partial charge in [0.25, 0.3) is 0 Å². The van der Waals surface area contributed by atoms with E-state index in [1.165, 1.54) is 25.7 Å². The minimum atomic E-state index is -0.427. The first kappa shape index (κ1) is 18.4. The molecule has 0 saturated heterocycles. The summed E-state index contributed by atoms with van der Waals surface area (Å²) in [5.41, 5.74) is 5.01. The number of hydrogen-bond acceptors (Lipinski definition) is 4. The molecular formula is C15H31NO3. The number of hydrogen-bond donors (Lipinski definition) is 1. The highest BCUT2D eigenvalue weighted by atomic mass is 16.6. The molecule has 0 aliphatic heterocycles. The molecule has 0 aromatic heterocycles. The molecule has 0 unspecified atom stereocenters. The van der Waals surface area contributed by atoms with E-state index in [1.807, 2.05) is 20.8 Å². The Labute approximate surface area is 118 Å². The maximum atomic E-state index is 11.3. The molecule has 0 bridgehead atoms. The molecule has 2 N–H and O–H groups in total. The molecule has 0 atom stereocenters. The van der Waals surface area contributed by atoms with E-state index in [-0.39, 0.29) is 12.6 Å². The van der Waals surface area contributed by atoms with Crippen LogP contribution in [-0.4, -0.2) is 31.3 Å². The lowest BCUT2D eigenvalue weighted by atomic mass is 10.1. The van der Waals surface area contributed by atoms with Crippen LogP contribution >= 0.6 is 0 Å². The molecule has 4 heteroatoms. The third kappa shape index (κ3) is 15.3. The average Bonchev–Trinajstić information content (AvgIpc) is 2.29. The monoisotopic (exact) mass is 273 g/mol. The van der Waals surface area contributed by atoms with E-state index in [0.717, 1.165) is 25.8 Å². The van der Waals surface area contributed by atoms with Gasteiger partial charge in [-0.1, -0.05) is 32.1 Å². The van der Waals surface area contributed by atoms with Crippen LogP contribution in [0.4, 0.5) is 0 Å². The van der Waals surface area contributed by atoms with E-state index in [1.54, 1.807) is 0 Å². The number of esters is 1. The highest BCUT2D eigenvalue weighted by molar-refractivity contribution is 5.71. The fourth-order valence-corrected chi connectivity index (χ4v) is 1.76. The van der Waals surface area contributed by atoms with Crippen LogP contribution in [0, 0.1) is 0 Å². The molecule has 0 amide bonds. The van der Waals surface area contributed by atoms with Crippen LogP contribution in [0.1, 0.15) is 65.7 Å². The van der Waals surface area contributed by atoms with E-state index in [9.17, 15) is 4.79 Å². The second kappa shape index (κ2) is 11.2. The van der Waals surface area contributed by atoms with E-state index >= 15 is 0 Å². The summed E-state index contributed by atoms with van der Waals surface area (Å²) in [4.78, 5) is 11.3. The molecule has 114 valence electrons. The molecule has 0 aromatic carbocycles. The Hall–Kier alpha value is -0.610. The minimum Gasteiger partial charge on any atom is -0.458 e. The summed E-state index contributed by atoms with van der Waals surface area (Å²) in [6.07, 6.45) is 8.34. The molecule has 19 heavy (non-hydrogen) atoms. The predicted octanol–water partition coefficient (Wildman–Crippen LogP) is 3.03. The van der Waals surface area contributed by atoms with Crippen molar-refractivity contribution in [2.45, 2.75) is 71.3 Å². The second-order valence-corrected chi connectivity index (χ2v) is 5.90. The van der Waals surface area contributed by atoms with Gasteiger partial charge in [0, 0.05) is 6.61 Å². The molecular weight excluding hydrogens is 242 g/mol. The fraction of sp³-hybridized carbons (Fsp3) is 0.933. The summed E-state index contributed by atoms with van der Waals surface area (Å²) in [5.74, 6) is -0.283. The summed E-state index contributed by atoms with van der Waals surface area (Å²) in [6, 6.07) is 0. The highest BCUT2D eigenvalue weighted by Gasteiger charge is 2.15. The van der Waals surface area contributed by atoms with E-state index in [0.29, 0.717) is 6.61 Å². The number of carbonyl (C=O) groups excluding carboxylic acids is 1. The van der Waals surface area contributed by atoms with E-state index in [4.69, 9.17) is 15.2 Å². The van der Waals surface area contributed by atoms with Crippen molar-refractivity contribution < 1.29 is 14.3 Å². The van der Waals surface area contributed by atoms with Crippen molar-refractivity contribution in [2.24, 2.45) is 5.73 Å². The van der Waals surface area contributed by atoms with Gasteiger partial charge in [-0.3, -0.25) is 0 Å². The Balaban J connectivity index is 3.21. The van der Waals surface area contributed by atoms with Crippen LogP contribution in [0.3, 0.4) is 0 Å². The van der Waals surface area contributed by atoms with Gasteiger partial charge in [-0.05, 0) is 40.2 Å². The standard InChI is InChI=1S/C15H31NO3/c1-15(2,3)19-14(17)13-18-12-10-8-6-4-5-7-9-11-16/h4-13,16H2,1-3H3. The van der Waals surface area contributed by atoms with Gasteiger partial charge in [0.2, 0.25) is 0 Å². The van der Waals surface area contributed by atoms with Gasteiger partial charge < -0.3 is 15.2 Å². The Morgan fingerprint density at radius 1 is 0.947 bits per heavy atom. The molecule has 0 spiro atoms. The molecule has 0 aliphatic rings. The zero-order chi connectivity index (χ0) is 14.6. The second-order valence-electron chi connectivity index (χ2n) is 5.90. The first-order chi connectivity index (χ1) is 8.95. The third-order valence-corrected chi connectivity index (χ3v) is 2.63. The Kier molecular flexibility index (Phi) is 10.9. The fourth-order valence-electron chi connectivity index (χ4n) is 1.76. The third-order valence-electron chi connectivity index (χ3n) is 2.63. The number of carbonyl (C=O) groups is 1. The number of nitrogens with two attached hydrogens (primary N) is 1. The van der Waals surface area contributed by atoms with Gasteiger partial charge in [0.15, 0.2) is 0 Å². The normalized spacial score (nSPS) is 11.6. The molecule has 0 aliphatic carbocycles. The molecule has 0 heterocycles. The van der Waals surface area contributed by atoms with Crippen molar-refractivity contribution >= 4 is 5.97 Å². The quantitative estimate of drug-likeness (QED) is 0.464. The highest BCUT2D eigenvalue weighted by Crippen LogP contribution is 2.08. The van der Waals surface area contributed by atoms with Gasteiger partial charge in [-0.25, -0.2) is 4.79 Å². The Morgan fingerprint density at radius 3 is 2.00 bits per heavy atom. The van der Waals surface area contributed by atoms with Crippen molar-refractivity contribution in [2.75, 3.05) is 19.8 Å². The summed E-state index contributed by atoms with van der Waals surface area (Å²) in [5, 5.41) is 0. The van der Waals surface area contributed by atoms with Crippen molar-refractivity contribution in [1.82, 2.24) is 0 Å². The van der Waals surface area contributed by atoms with Crippen LogP contribution in [0.2, 0.25) is 0 Å². The van der Waals surface area contributed by atoms with Crippen LogP contribution in [0.5, 0.6) is 0 Å². The van der Waals surface area contributed by atoms with Gasteiger partial charge in [-0.15, -0.1) is 0 Å². The van der Waals surface area contributed by atoms with Crippen LogP contribution < -0.4 is 5.73 Å². The largest absolute Gasteiger partial charge is 0.458 e. The summed E-state index contributed by atoms with van der Waals surface area (Å²) in [6.45, 7) is 7.08. The van der Waals surface area contributed by atoms with Gasteiger partial charge >= 0.3 is 5.97 Å². The Morgan fingerprint density at radius 2 is 1.47 bits per heavy atom. The molecule has 0 saturated carbocycles. The van der Waals surface area contributed by atoms with Crippen LogP contribution in [0.15, 0.2) is 0 Å². The van der Waals surface area contributed by atoms with Crippen LogP contribution in [-0.2, 0) is 14.3 Å². The molecule has 4 nitrogen and oxygen atoms in total. The molecule has 0 rings (SSSR count). The molecule has 0 radical (unpaired) electrons. The first-order valence-corrected chi connectivity index (χ1v) is 7.45. The minimum absolute atomic E-state index is 0.0633. The first-order valence-electron chi connectivity index (χ1n) is 7.45. The number of unbranched alkanes of at least 4 members (excludes halogenated alkanes) is 6. The summed E-state index contributed by atoms with van der Waals surface area (Å²) >= 11 is 0. The van der Waals surface area contributed by atoms with Crippen molar-refractivity contribution in [3.63, 3.8) is 0 Å². The number of rotatable bonds is 11. The number of ether oxygens (including phenoxy) is 2. The van der Waals surface area contributed by atoms with Gasteiger partial charge in [0.1, 0.15) is 12.2 Å². The maximum Gasteiger partial charge on any atom is 0.332 e. The van der Waals surface area contributed by atoms with Gasteiger partial charge in [0.05, 0.1) is 0 Å². The summed E-state index contributed by atoms with van der Waals surface area (Å²) in [7, 11) is 0. The predicted molar refractivity (Wildman–Crippen MR) is 78.0 cm³/mol. The molecule has 0 fully saturated rings. The summed E-state index contributed by atoms with van der Waals surface area (Å²) < 4.78 is 10.4. The SMILES string of the molecule is CC(C)(C)OC(=O)COCCCCCCCCCN. The lowest BCUT2D eigenvalue weighted by molar-refractivity contribution is -0.160. The maximum absolute atomic E-state index is 11.3. The van der Waals surface area contributed by atoms with Crippen molar-refractivity contribution in [3.05, 3.63) is 0 Å². The Bertz CT molecular complexity index is 224. The van der Waals surface area contributed by atoms with Crippen molar-refractivity contribution in [3.8, 4) is 0 Å². The van der Waals surface area contributed by atoms with Crippen LogP contribution in [0.25, 0.3) is 0 Å². The lowest BCUT2D eigenvalue weighted by Gasteiger charge is -2.19. The average molecular weight is 273 g/mol. The smallest absolute Gasteiger partial charge is 0.332 e. The zero-order valence-electron chi connectivity index (χ0n) is 12.9.